The average Bonchev–Trinajstić information content (AvgIpc) is 2.58. The maximum atomic E-state index is 12.5. The zero-order chi connectivity index (χ0) is 18.0. The van der Waals surface area contributed by atoms with Gasteiger partial charge in [0.1, 0.15) is 0 Å². The third kappa shape index (κ3) is 4.22. The van der Waals surface area contributed by atoms with Gasteiger partial charge in [0.2, 0.25) is 0 Å². The Morgan fingerprint density at radius 3 is 2.48 bits per heavy atom. The van der Waals surface area contributed by atoms with Crippen LogP contribution in [0.2, 0.25) is 5.02 Å². The van der Waals surface area contributed by atoms with Crippen LogP contribution in [0.25, 0.3) is 0 Å². The highest BCUT2D eigenvalue weighted by Crippen LogP contribution is 2.23. The Labute approximate surface area is 153 Å². The number of nitrogens with zero attached hydrogens (tertiary/aromatic N) is 3. The number of sulfonamides is 1. The van der Waals surface area contributed by atoms with E-state index in [4.69, 9.17) is 11.6 Å². The lowest BCUT2D eigenvalue weighted by molar-refractivity contribution is 0.436. The molecule has 25 heavy (non-hydrogen) atoms. The van der Waals surface area contributed by atoms with Crippen LogP contribution in [0.5, 0.6) is 0 Å². The highest BCUT2D eigenvalue weighted by atomic mass is 35.5. The summed E-state index contributed by atoms with van der Waals surface area (Å²) in [5, 5.41) is 8.71. The Morgan fingerprint density at radius 1 is 1.16 bits per heavy atom. The maximum Gasteiger partial charge on any atom is 0.263 e. The van der Waals surface area contributed by atoms with E-state index in [0.717, 1.165) is 37.7 Å². The lowest BCUT2D eigenvalue weighted by Gasteiger charge is -2.30. The largest absolute Gasteiger partial charge is 0.355 e. The van der Waals surface area contributed by atoms with E-state index in [9.17, 15) is 8.42 Å². The summed E-state index contributed by atoms with van der Waals surface area (Å²) in [6.45, 7) is 5.91. The minimum atomic E-state index is -3.72. The van der Waals surface area contributed by atoms with Gasteiger partial charge in [-0.1, -0.05) is 18.5 Å². The van der Waals surface area contributed by atoms with Crippen LogP contribution in [0.1, 0.15) is 25.3 Å². The van der Waals surface area contributed by atoms with Gasteiger partial charge in [0, 0.05) is 18.1 Å². The first-order chi connectivity index (χ1) is 11.8. The van der Waals surface area contributed by atoms with Crippen LogP contribution < -0.4 is 9.62 Å². The fourth-order valence-corrected chi connectivity index (χ4v) is 3.97. The van der Waals surface area contributed by atoms with Crippen molar-refractivity contribution >= 4 is 33.3 Å². The van der Waals surface area contributed by atoms with Crippen molar-refractivity contribution in [3.05, 3.63) is 40.9 Å². The Bertz CT molecular complexity index is 847. The number of aryl methyl sites for hydroxylation is 1. The average molecular weight is 381 g/mol. The van der Waals surface area contributed by atoms with Gasteiger partial charge in [-0.05, 0) is 61.6 Å². The van der Waals surface area contributed by atoms with E-state index in [-0.39, 0.29) is 10.7 Å². The molecule has 0 spiro atoms. The third-order valence-electron chi connectivity index (χ3n) is 4.44. The van der Waals surface area contributed by atoms with Crippen molar-refractivity contribution in [1.82, 2.24) is 10.2 Å². The second-order valence-electron chi connectivity index (χ2n) is 6.46. The quantitative estimate of drug-likeness (QED) is 0.878. The summed E-state index contributed by atoms with van der Waals surface area (Å²) in [6, 6.07) is 8.00. The Balaban J connectivity index is 1.73. The standard InChI is InChI=1S/C17H21ClN4O2S/c1-12-7-9-22(10-8-12)17-6-5-16(19-20-17)21-25(23,24)14-3-4-15(18)13(2)11-14/h3-6,11-12H,7-10H2,1-2H3,(H,19,21). The number of nitrogens with one attached hydrogen (secondary N) is 1. The second-order valence-corrected chi connectivity index (χ2v) is 8.55. The van der Waals surface area contributed by atoms with Gasteiger partial charge in [-0.15, -0.1) is 10.2 Å². The molecular weight excluding hydrogens is 360 g/mol. The van der Waals surface area contributed by atoms with Gasteiger partial charge in [0.05, 0.1) is 4.90 Å². The highest BCUT2D eigenvalue weighted by Gasteiger charge is 2.19. The molecule has 8 heteroatoms. The molecule has 1 aromatic heterocycles. The van der Waals surface area contributed by atoms with Crippen LogP contribution in [-0.2, 0) is 10.0 Å². The lowest BCUT2D eigenvalue weighted by Crippen LogP contribution is -2.33. The maximum absolute atomic E-state index is 12.5. The van der Waals surface area contributed by atoms with Gasteiger partial charge >= 0.3 is 0 Å². The third-order valence-corrected chi connectivity index (χ3v) is 6.21. The van der Waals surface area contributed by atoms with E-state index in [1.165, 1.54) is 12.1 Å². The van der Waals surface area contributed by atoms with Gasteiger partial charge in [-0.3, -0.25) is 4.72 Å². The fourth-order valence-electron chi connectivity index (χ4n) is 2.77. The molecule has 1 aromatic carbocycles. The number of aromatic nitrogens is 2. The Morgan fingerprint density at radius 2 is 1.88 bits per heavy atom. The molecule has 0 atom stereocenters. The molecule has 1 N–H and O–H groups in total. The lowest BCUT2D eigenvalue weighted by atomic mass is 9.99. The predicted octanol–water partition coefficient (Wildman–Crippen LogP) is 3.48. The molecule has 0 bridgehead atoms. The molecule has 0 saturated carbocycles. The summed E-state index contributed by atoms with van der Waals surface area (Å²) in [5.41, 5.74) is 0.699. The molecule has 0 aliphatic carbocycles. The van der Waals surface area contributed by atoms with Crippen molar-refractivity contribution in [3.8, 4) is 0 Å². The summed E-state index contributed by atoms with van der Waals surface area (Å²) in [5.74, 6) is 1.71. The van der Waals surface area contributed by atoms with Gasteiger partial charge in [0.25, 0.3) is 10.0 Å². The molecule has 1 aliphatic rings. The summed E-state index contributed by atoms with van der Waals surface area (Å²) < 4.78 is 27.4. The SMILES string of the molecule is Cc1cc(S(=O)(=O)Nc2ccc(N3CCC(C)CC3)nn2)ccc1Cl. The van der Waals surface area contributed by atoms with E-state index < -0.39 is 10.0 Å². The predicted molar refractivity (Wildman–Crippen MR) is 99.6 cm³/mol. The zero-order valence-corrected chi connectivity index (χ0v) is 15.8. The van der Waals surface area contributed by atoms with E-state index in [1.807, 2.05) is 0 Å². The molecule has 2 aromatic rings. The van der Waals surface area contributed by atoms with Crippen LogP contribution in [0.15, 0.2) is 35.2 Å². The summed E-state index contributed by atoms with van der Waals surface area (Å²) in [7, 11) is -3.72. The van der Waals surface area contributed by atoms with Crippen molar-refractivity contribution in [2.45, 2.75) is 31.6 Å². The molecule has 0 unspecified atom stereocenters. The van der Waals surface area contributed by atoms with E-state index in [2.05, 4.69) is 26.7 Å². The number of halogens is 1. The zero-order valence-electron chi connectivity index (χ0n) is 14.2. The highest BCUT2D eigenvalue weighted by molar-refractivity contribution is 7.92. The first-order valence-corrected chi connectivity index (χ1v) is 10.1. The van der Waals surface area contributed by atoms with Crippen LogP contribution >= 0.6 is 11.6 Å². The van der Waals surface area contributed by atoms with Crippen molar-refractivity contribution in [2.75, 3.05) is 22.7 Å². The van der Waals surface area contributed by atoms with Crippen LogP contribution in [0.4, 0.5) is 11.6 Å². The number of hydrogen-bond acceptors (Lipinski definition) is 5. The van der Waals surface area contributed by atoms with Crippen molar-refractivity contribution in [1.29, 1.82) is 0 Å². The molecule has 0 amide bonds. The Kier molecular flexibility index (Phi) is 5.15. The first-order valence-electron chi connectivity index (χ1n) is 8.23. The fraction of sp³-hybridized carbons (Fsp3) is 0.412. The number of piperidine rings is 1. The van der Waals surface area contributed by atoms with Gasteiger partial charge in [-0.2, -0.15) is 0 Å². The number of hydrogen-bond donors (Lipinski definition) is 1. The molecular formula is C17H21ClN4O2S. The summed E-state index contributed by atoms with van der Waals surface area (Å²) >= 11 is 5.95. The second kappa shape index (κ2) is 7.17. The Hall–Kier alpha value is -1.86. The molecule has 134 valence electrons. The summed E-state index contributed by atoms with van der Waals surface area (Å²) in [6.07, 6.45) is 2.26. The minimum absolute atomic E-state index is 0.144. The van der Waals surface area contributed by atoms with Crippen LogP contribution in [-0.4, -0.2) is 31.7 Å². The number of benzene rings is 1. The molecule has 2 heterocycles. The normalized spacial score (nSPS) is 16.0. The monoisotopic (exact) mass is 380 g/mol. The molecule has 6 nitrogen and oxygen atoms in total. The molecule has 3 rings (SSSR count). The topological polar surface area (TPSA) is 75.2 Å². The number of anilines is 2. The van der Waals surface area contributed by atoms with Crippen molar-refractivity contribution < 1.29 is 8.42 Å². The summed E-state index contributed by atoms with van der Waals surface area (Å²) in [4.78, 5) is 2.32. The van der Waals surface area contributed by atoms with Gasteiger partial charge < -0.3 is 4.90 Å². The van der Waals surface area contributed by atoms with Crippen molar-refractivity contribution in [2.24, 2.45) is 5.92 Å². The van der Waals surface area contributed by atoms with Crippen LogP contribution in [0.3, 0.4) is 0 Å². The molecule has 1 fully saturated rings. The van der Waals surface area contributed by atoms with Gasteiger partial charge in [0.15, 0.2) is 11.6 Å². The number of rotatable bonds is 4. The van der Waals surface area contributed by atoms with E-state index in [1.54, 1.807) is 25.1 Å². The smallest absolute Gasteiger partial charge is 0.263 e. The molecule has 1 aliphatic heterocycles. The first kappa shape index (κ1) is 17.9. The minimum Gasteiger partial charge on any atom is -0.355 e. The van der Waals surface area contributed by atoms with E-state index >= 15 is 0 Å². The van der Waals surface area contributed by atoms with E-state index in [0.29, 0.717) is 10.6 Å². The molecule has 1 saturated heterocycles. The van der Waals surface area contributed by atoms with Crippen molar-refractivity contribution in [3.63, 3.8) is 0 Å². The molecule has 0 radical (unpaired) electrons. The van der Waals surface area contributed by atoms with Gasteiger partial charge in [-0.25, -0.2) is 8.42 Å². The van der Waals surface area contributed by atoms with Crippen LogP contribution in [0, 0.1) is 12.8 Å².